The van der Waals surface area contributed by atoms with Crippen molar-refractivity contribution in [3.63, 3.8) is 0 Å². The molecule has 0 spiro atoms. The molecule has 1 aromatic rings. The molecule has 0 atom stereocenters. The van der Waals surface area contributed by atoms with E-state index < -0.39 is 41.6 Å². The van der Waals surface area contributed by atoms with Crippen molar-refractivity contribution in [2.24, 2.45) is 10.3 Å². The van der Waals surface area contributed by atoms with Gasteiger partial charge in [0.2, 0.25) is 20.0 Å². The Hall–Kier alpha value is -1.17. The molecule has 1 aromatic carbocycles. The van der Waals surface area contributed by atoms with Crippen molar-refractivity contribution in [3.05, 3.63) is 23.8 Å². The number of benzene rings is 1. The Morgan fingerprint density at radius 2 is 1.44 bits per heavy atom. The Bertz CT molecular complexity index is 679. The summed E-state index contributed by atoms with van der Waals surface area (Å²) in [7, 11) is -9.07. The third-order valence-corrected chi connectivity index (χ3v) is 3.76. The molecule has 0 heterocycles. The van der Waals surface area contributed by atoms with Crippen LogP contribution in [-0.2, 0) is 26.2 Å². The van der Waals surface area contributed by atoms with Crippen LogP contribution in [0, 0.1) is 0 Å². The highest BCUT2D eigenvalue weighted by atomic mass is 32.2. The van der Waals surface area contributed by atoms with E-state index in [2.05, 4.69) is 10.3 Å². The topological polar surface area (TPSA) is 120 Å². The molecule has 0 saturated carbocycles. The lowest BCUT2D eigenvalue weighted by Gasteiger charge is -2.12. The maximum Gasteiger partial charge on any atom is 0.417 e. The lowest BCUT2D eigenvalue weighted by Crippen LogP contribution is -2.21. The van der Waals surface area contributed by atoms with Crippen LogP contribution in [0.4, 0.5) is 13.2 Å². The third kappa shape index (κ3) is 3.19. The molecule has 0 unspecified atom stereocenters. The maximum atomic E-state index is 12.5. The Balaban J connectivity index is 3.71. The van der Waals surface area contributed by atoms with Gasteiger partial charge in [0, 0.05) is 0 Å². The molecule has 18 heavy (non-hydrogen) atoms. The summed E-state index contributed by atoms with van der Waals surface area (Å²) in [6.45, 7) is 0. The monoisotopic (exact) mass is 304 g/mol. The van der Waals surface area contributed by atoms with Gasteiger partial charge in [0.05, 0.1) is 15.4 Å². The fraction of sp³-hybridized carbons (Fsp3) is 0.143. The molecule has 0 bridgehead atoms. The van der Waals surface area contributed by atoms with E-state index in [9.17, 15) is 30.0 Å². The normalized spacial score (nSPS) is 13.6. The highest BCUT2D eigenvalue weighted by Crippen LogP contribution is 2.34. The van der Waals surface area contributed by atoms with Gasteiger partial charge in [-0.25, -0.2) is 27.1 Å². The first-order chi connectivity index (χ1) is 7.83. The average Bonchev–Trinajstić information content (AvgIpc) is 2.12. The van der Waals surface area contributed by atoms with Crippen LogP contribution in [0.5, 0.6) is 0 Å². The molecular weight excluding hydrogens is 297 g/mol. The van der Waals surface area contributed by atoms with Gasteiger partial charge in [-0.05, 0) is 18.2 Å². The minimum absolute atomic E-state index is 0.271. The number of hydrogen-bond donors (Lipinski definition) is 2. The van der Waals surface area contributed by atoms with Gasteiger partial charge < -0.3 is 0 Å². The lowest BCUT2D eigenvalue weighted by molar-refractivity contribution is -0.139. The standard InChI is InChI=1S/C7H7F3N2O4S2/c8-7(9,10)5-2-1-4(17(11,13)14)3-6(5)18(12,15)16/h1-3H,(H2,11,13,14)(H2,12,15,16). The summed E-state index contributed by atoms with van der Waals surface area (Å²) in [5, 5.41) is 9.29. The molecule has 11 heteroatoms. The van der Waals surface area contributed by atoms with Crippen LogP contribution >= 0.6 is 0 Å². The molecule has 102 valence electrons. The van der Waals surface area contributed by atoms with Crippen LogP contribution in [0.1, 0.15) is 5.56 Å². The van der Waals surface area contributed by atoms with Crippen molar-refractivity contribution in [1.29, 1.82) is 0 Å². The second kappa shape index (κ2) is 4.19. The molecular formula is C7H7F3N2O4S2. The van der Waals surface area contributed by atoms with Crippen LogP contribution in [0.25, 0.3) is 0 Å². The van der Waals surface area contributed by atoms with Gasteiger partial charge in [-0.2, -0.15) is 13.2 Å². The third-order valence-electron chi connectivity index (χ3n) is 1.89. The average molecular weight is 304 g/mol. The molecule has 4 N–H and O–H groups in total. The number of alkyl halides is 3. The van der Waals surface area contributed by atoms with E-state index in [0.717, 1.165) is 0 Å². The molecule has 1 rings (SSSR count). The van der Waals surface area contributed by atoms with Crippen molar-refractivity contribution in [1.82, 2.24) is 0 Å². The lowest BCUT2D eigenvalue weighted by atomic mass is 10.2. The van der Waals surface area contributed by atoms with E-state index in [4.69, 9.17) is 0 Å². The predicted octanol–water partition coefficient (Wildman–Crippen LogP) is 0.000200. The molecule has 0 saturated heterocycles. The highest BCUT2D eigenvalue weighted by molar-refractivity contribution is 7.90. The maximum absolute atomic E-state index is 12.5. The number of halogens is 3. The summed E-state index contributed by atoms with van der Waals surface area (Å²) in [6, 6.07) is 1.11. The van der Waals surface area contributed by atoms with Gasteiger partial charge in [-0.15, -0.1) is 0 Å². The van der Waals surface area contributed by atoms with Crippen molar-refractivity contribution < 1.29 is 30.0 Å². The minimum Gasteiger partial charge on any atom is -0.225 e. The van der Waals surface area contributed by atoms with E-state index in [1.54, 1.807) is 0 Å². The molecule has 0 amide bonds. The molecule has 0 aromatic heterocycles. The molecule has 0 radical (unpaired) electrons. The summed E-state index contributed by atoms with van der Waals surface area (Å²) < 4.78 is 81.4. The molecule has 6 nitrogen and oxygen atoms in total. The quantitative estimate of drug-likeness (QED) is 0.798. The molecule has 0 aliphatic rings. The fourth-order valence-corrected chi connectivity index (χ4v) is 2.55. The summed E-state index contributed by atoms with van der Waals surface area (Å²) in [5.41, 5.74) is -1.56. The second-order valence-electron chi connectivity index (χ2n) is 3.25. The molecule has 0 fully saturated rings. The number of sulfonamides is 2. The van der Waals surface area contributed by atoms with E-state index >= 15 is 0 Å². The van der Waals surface area contributed by atoms with Crippen molar-refractivity contribution in [3.8, 4) is 0 Å². The number of rotatable bonds is 2. The first-order valence-electron chi connectivity index (χ1n) is 4.10. The zero-order chi connectivity index (χ0) is 14.4. The highest BCUT2D eigenvalue weighted by Gasteiger charge is 2.37. The zero-order valence-corrected chi connectivity index (χ0v) is 10.1. The van der Waals surface area contributed by atoms with Crippen molar-refractivity contribution in [2.75, 3.05) is 0 Å². The Morgan fingerprint density at radius 3 is 1.78 bits per heavy atom. The molecule has 0 aliphatic carbocycles. The largest absolute Gasteiger partial charge is 0.417 e. The van der Waals surface area contributed by atoms with Crippen LogP contribution in [-0.4, -0.2) is 16.8 Å². The summed E-state index contributed by atoms with van der Waals surface area (Å²) in [6.07, 6.45) is -4.99. The second-order valence-corrected chi connectivity index (χ2v) is 6.34. The van der Waals surface area contributed by atoms with Gasteiger partial charge in [-0.1, -0.05) is 0 Å². The van der Waals surface area contributed by atoms with E-state index in [1.165, 1.54) is 0 Å². The van der Waals surface area contributed by atoms with E-state index in [-0.39, 0.29) is 6.07 Å². The minimum atomic E-state index is -4.99. The summed E-state index contributed by atoms with van der Waals surface area (Å²) in [4.78, 5) is -2.12. The van der Waals surface area contributed by atoms with Crippen LogP contribution in [0.15, 0.2) is 28.0 Å². The summed E-state index contributed by atoms with van der Waals surface area (Å²) in [5.74, 6) is 0. The predicted molar refractivity (Wildman–Crippen MR) is 54.2 cm³/mol. The first kappa shape index (κ1) is 14.9. The Labute approximate surface area is 100 Å². The number of nitrogens with two attached hydrogens (primary N) is 2. The Kier molecular flexibility index (Phi) is 3.46. The summed E-state index contributed by atoms with van der Waals surface area (Å²) >= 11 is 0. The Morgan fingerprint density at radius 1 is 0.944 bits per heavy atom. The zero-order valence-electron chi connectivity index (χ0n) is 8.47. The SMILES string of the molecule is NS(=O)(=O)c1ccc(C(F)(F)F)c(S(N)(=O)=O)c1. The van der Waals surface area contributed by atoms with E-state index in [0.29, 0.717) is 12.1 Å². The smallest absolute Gasteiger partial charge is 0.225 e. The fourth-order valence-electron chi connectivity index (χ4n) is 1.15. The van der Waals surface area contributed by atoms with Crippen LogP contribution in [0.2, 0.25) is 0 Å². The van der Waals surface area contributed by atoms with Gasteiger partial charge in [-0.3, -0.25) is 0 Å². The number of primary sulfonamides is 2. The number of hydrogen-bond acceptors (Lipinski definition) is 4. The van der Waals surface area contributed by atoms with Crippen molar-refractivity contribution >= 4 is 20.0 Å². The van der Waals surface area contributed by atoms with Crippen molar-refractivity contribution in [2.45, 2.75) is 16.0 Å². The van der Waals surface area contributed by atoms with Gasteiger partial charge in [0.1, 0.15) is 0 Å². The first-order valence-corrected chi connectivity index (χ1v) is 7.19. The molecule has 0 aliphatic heterocycles. The van der Waals surface area contributed by atoms with Crippen LogP contribution in [0.3, 0.4) is 0 Å². The van der Waals surface area contributed by atoms with Crippen LogP contribution < -0.4 is 10.3 Å². The van der Waals surface area contributed by atoms with Gasteiger partial charge in [0.25, 0.3) is 0 Å². The van der Waals surface area contributed by atoms with Gasteiger partial charge >= 0.3 is 6.18 Å². The van der Waals surface area contributed by atoms with Gasteiger partial charge in [0.15, 0.2) is 0 Å². The van der Waals surface area contributed by atoms with E-state index in [1.807, 2.05) is 0 Å².